The normalized spacial score (nSPS) is 10.8. The van der Waals surface area contributed by atoms with Gasteiger partial charge < -0.3 is 11.1 Å². The van der Waals surface area contributed by atoms with Crippen LogP contribution in [-0.4, -0.2) is 40.9 Å². The number of nitrogens with one attached hydrogen (secondary N) is 1. The van der Waals surface area contributed by atoms with Crippen LogP contribution in [0.25, 0.3) is 0 Å². The highest BCUT2D eigenvalue weighted by Crippen LogP contribution is 2.08. The lowest BCUT2D eigenvalue weighted by Crippen LogP contribution is -2.36. The smallest absolute Gasteiger partial charge is 0.234 e. The number of hydrogen-bond acceptors (Lipinski definition) is 4. The van der Waals surface area contributed by atoms with E-state index in [2.05, 4.69) is 24.1 Å². The van der Waals surface area contributed by atoms with Gasteiger partial charge in [-0.15, -0.1) is 0 Å². The van der Waals surface area contributed by atoms with Gasteiger partial charge in [0.2, 0.25) is 5.91 Å². The molecule has 6 heteroatoms. The van der Waals surface area contributed by atoms with Crippen LogP contribution in [-0.2, 0) is 11.3 Å². The summed E-state index contributed by atoms with van der Waals surface area (Å²) in [7, 11) is 1.88. The van der Waals surface area contributed by atoms with Crippen molar-refractivity contribution >= 4 is 23.1 Å². The first-order chi connectivity index (χ1) is 9.40. The third-order valence-electron chi connectivity index (χ3n) is 2.69. The Balaban J connectivity index is 2.56. The van der Waals surface area contributed by atoms with Gasteiger partial charge in [0.05, 0.1) is 6.54 Å². The number of carbonyl (C=O) groups excluding carboxylic acids is 1. The van der Waals surface area contributed by atoms with Crippen molar-refractivity contribution < 1.29 is 4.79 Å². The molecule has 0 fully saturated rings. The molecule has 0 spiro atoms. The van der Waals surface area contributed by atoms with Crippen molar-refractivity contribution in [3.8, 4) is 0 Å². The molecule has 0 saturated heterocycles. The van der Waals surface area contributed by atoms with E-state index in [-0.39, 0.29) is 10.9 Å². The molecule has 1 heterocycles. The fourth-order valence-electron chi connectivity index (χ4n) is 1.75. The van der Waals surface area contributed by atoms with E-state index in [1.165, 1.54) is 0 Å². The molecule has 1 amide bonds. The molecule has 0 aliphatic heterocycles. The van der Waals surface area contributed by atoms with Crippen LogP contribution in [0.4, 0.5) is 0 Å². The highest BCUT2D eigenvalue weighted by atomic mass is 32.1. The molecule has 0 radical (unpaired) electrons. The van der Waals surface area contributed by atoms with Gasteiger partial charge in [0.25, 0.3) is 0 Å². The van der Waals surface area contributed by atoms with E-state index in [0.717, 1.165) is 5.56 Å². The number of amides is 1. The molecule has 1 aromatic rings. The lowest BCUT2D eigenvalue weighted by atomic mass is 10.2. The summed E-state index contributed by atoms with van der Waals surface area (Å²) >= 11 is 4.98. The quantitative estimate of drug-likeness (QED) is 0.732. The predicted molar refractivity (Wildman–Crippen MR) is 84.3 cm³/mol. The molecule has 0 atom stereocenters. The molecule has 1 rings (SSSR count). The summed E-state index contributed by atoms with van der Waals surface area (Å²) in [6.45, 7) is 5.73. The van der Waals surface area contributed by atoms with Crippen molar-refractivity contribution in [3.05, 3.63) is 29.6 Å². The Bertz CT molecular complexity index is 476. The number of nitrogens with two attached hydrogens (primary N) is 1. The second-order valence-corrected chi connectivity index (χ2v) is 5.69. The van der Waals surface area contributed by atoms with Gasteiger partial charge in [0.1, 0.15) is 10.7 Å². The minimum absolute atomic E-state index is 0.0157. The van der Waals surface area contributed by atoms with Gasteiger partial charge >= 0.3 is 0 Å². The summed E-state index contributed by atoms with van der Waals surface area (Å²) in [5.41, 5.74) is 7.20. The number of hydrogen-bond donors (Lipinski definition) is 2. The standard InChI is InChI=1S/C14H22N4OS/c1-10(2)7-17-12(19)9-18(3)8-11-5-4-6-16-13(11)14(15)20/h4-6,10H,7-9H2,1-3H3,(H2,15,20)(H,17,19). The van der Waals surface area contributed by atoms with Crippen LogP contribution in [0, 0.1) is 5.92 Å². The summed E-state index contributed by atoms with van der Waals surface area (Å²) in [5.74, 6) is 0.464. The number of rotatable bonds is 7. The van der Waals surface area contributed by atoms with Crippen molar-refractivity contribution in [2.75, 3.05) is 20.1 Å². The first-order valence-corrected chi connectivity index (χ1v) is 7.00. The molecule has 5 nitrogen and oxygen atoms in total. The van der Waals surface area contributed by atoms with Crippen molar-refractivity contribution in [2.45, 2.75) is 20.4 Å². The minimum Gasteiger partial charge on any atom is -0.388 e. The molecule has 0 unspecified atom stereocenters. The number of carbonyl (C=O) groups is 1. The highest BCUT2D eigenvalue weighted by molar-refractivity contribution is 7.80. The molecule has 0 saturated carbocycles. The maximum Gasteiger partial charge on any atom is 0.234 e. The maximum atomic E-state index is 11.7. The Kier molecular flexibility index (Phi) is 6.54. The van der Waals surface area contributed by atoms with E-state index in [1.807, 2.05) is 24.1 Å². The molecule has 20 heavy (non-hydrogen) atoms. The van der Waals surface area contributed by atoms with Gasteiger partial charge in [-0.2, -0.15) is 0 Å². The van der Waals surface area contributed by atoms with Crippen molar-refractivity contribution in [1.82, 2.24) is 15.2 Å². The van der Waals surface area contributed by atoms with E-state index < -0.39 is 0 Å². The van der Waals surface area contributed by atoms with Crippen LogP contribution >= 0.6 is 12.2 Å². The van der Waals surface area contributed by atoms with Crippen LogP contribution < -0.4 is 11.1 Å². The Morgan fingerprint density at radius 1 is 1.55 bits per heavy atom. The number of nitrogens with zero attached hydrogens (tertiary/aromatic N) is 2. The lowest BCUT2D eigenvalue weighted by molar-refractivity contribution is -0.122. The van der Waals surface area contributed by atoms with Gasteiger partial charge in [0.15, 0.2) is 0 Å². The lowest BCUT2D eigenvalue weighted by Gasteiger charge is -2.18. The number of thiocarbonyl (C=S) groups is 1. The molecule has 0 aromatic carbocycles. The molecule has 0 bridgehead atoms. The van der Waals surface area contributed by atoms with Crippen molar-refractivity contribution in [2.24, 2.45) is 11.7 Å². The van der Waals surface area contributed by atoms with Crippen LogP contribution in [0.15, 0.2) is 18.3 Å². The van der Waals surface area contributed by atoms with E-state index >= 15 is 0 Å². The van der Waals surface area contributed by atoms with E-state index in [9.17, 15) is 4.79 Å². The van der Waals surface area contributed by atoms with Gasteiger partial charge in [-0.3, -0.25) is 14.7 Å². The van der Waals surface area contributed by atoms with Crippen LogP contribution in [0.1, 0.15) is 25.1 Å². The minimum atomic E-state index is 0.0157. The van der Waals surface area contributed by atoms with Gasteiger partial charge in [-0.25, -0.2) is 0 Å². The van der Waals surface area contributed by atoms with E-state index in [4.69, 9.17) is 18.0 Å². The third-order valence-corrected chi connectivity index (χ3v) is 2.88. The first kappa shape index (κ1) is 16.5. The fourth-order valence-corrected chi connectivity index (χ4v) is 1.94. The van der Waals surface area contributed by atoms with Gasteiger partial charge in [-0.05, 0) is 24.6 Å². The summed E-state index contributed by atoms with van der Waals surface area (Å²) in [4.78, 5) is 18.1. The molecular formula is C14H22N4OS. The monoisotopic (exact) mass is 294 g/mol. The molecular weight excluding hydrogens is 272 g/mol. The number of aromatic nitrogens is 1. The Hall–Kier alpha value is -1.53. The Morgan fingerprint density at radius 2 is 2.25 bits per heavy atom. The average Bonchev–Trinajstić information content (AvgIpc) is 2.36. The van der Waals surface area contributed by atoms with Crippen LogP contribution in [0.3, 0.4) is 0 Å². The van der Waals surface area contributed by atoms with Gasteiger partial charge in [-0.1, -0.05) is 32.1 Å². The van der Waals surface area contributed by atoms with Crippen LogP contribution in [0.5, 0.6) is 0 Å². The molecule has 110 valence electrons. The molecule has 1 aromatic heterocycles. The predicted octanol–water partition coefficient (Wildman–Crippen LogP) is 0.920. The second kappa shape index (κ2) is 7.91. The number of pyridine rings is 1. The molecule has 3 N–H and O–H groups in total. The zero-order chi connectivity index (χ0) is 15.1. The summed E-state index contributed by atoms with van der Waals surface area (Å²) in [6, 6.07) is 3.76. The topological polar surface area (TPSA) is 71.2 Å². The Morgan fingerprint density at radius 3 is 2.85 bits per heavy atom. The second-order valence-electron chi connectivity index (χ2n) is 5.25. The Labute approximate surface area is 125 Å². The molecule has 0 aliphatic carbocycles. The summed E-state index contributed by atoms with van der Waals surface area (Å²) in [5, 5.41) is 2.89. The SMILES string of the molecule is CC(C)CNC(=O)CN(C)Cc1cccnc1C(N)=S. The van der Waals surface area contributed by atoms with E-state index in [0.29, 0.717) is 31.2 Å². The van der Waals surface area contributed by atoms with E-state index in [1.54, 1.807) is 6.20 Å². The largest absolute Gasteiger partial charge is 0.388 e. The number of likely N-dealkylation sites (N-methyl/N-ethyl adjacent to an activating group) is 1. The fraction of sp³-hybridized carbons (Fsp3) is 0.500. The highest BCUT2D eigenvalue weighted by Gasteiger charge is 2.11. The zero-order valence-corrected chi connectivity index (χ0v) is 13.0. The molecule has 0 aliphatic rings. The maximum absolute atomic E-state index is 11.7. The van der Waals surface area contributed by atoms with Crippen molar-refractivity contribution in [3.63, 3.8) is 0 Å². The summed E-state index contributed by atoms with van der Waals surface area (Å²) < 4.78 is 0. The summed E-state index contributed by atoms with van der Waals surface area (Å²) in [6.07, 6.45) is 1.66. The van der Waals surface area contributed by atoms with Gasteiger partial charge in [0, 0.05) is 19.3 Å². The first-order valence-electron chi connectivity index (χ1n) is 6.59. The average molecular weight is 294 g/mol. The van der Waals surface area contributed by atoms with Crippen molar-refractivity contribution in [1.29, 1.82) is 0 Å². The zero-order valence-electron chi connectivity index (χ0n) is 12.2. The van der Waals surface area contributed by atoms with Crippen LogP contribution in [0.2, 0.25) is 0 Å². The third kappa shape index (κ3) is 5.63.